The van der Waals surface area contributed by atoms with Crippen molar-refractivity contribution < 1.29 is 29.4 Å². The van der Waals surface area contributed by atoms with Crippen LogP contribution in [0.2, 0.25) is 0 Å². The van der Waals surface area contributed by atoms with E-state index in [2.05, 4.69) is 28.6 Å². The lowest BCUT2D eigenvalue weighted by atomic mass is 9.96. The molecule has 0 fully saturated rings. The van der Waals surface area contributed by atoms with E-state index in [1.54, 1.807) is 6.92 Å². The van der Waals surface area contributed by atoms with Crippen LogP contribution in [0, 0.1) is 11.8 Å². The number of carbonyl (C=O) groups is 4. The summed E-state index contributed by atoms with van der Waals surface area (Å²) in [6.45, 7) is 6.52. The predicted molar refractivity (Wildman–Crippen MR) is 111 cm³/mol. The Morgan fingerprint density at radius 2 is 1.52 bits per heavy atom. The molecule has 0 aromatic rings. The van der Waals surface area contributed by atoms with Crippen LogP contribution in [0.3, 0.4) is 0 Å². The highest BCUT2D eigenvalue weighted by molar-refractivity contribution is 7.80. The normalized spacial score (nSPS) is 16.3. The fraction of sp³-hybridized carbons (Fsp3) is 0.778. The molecule has 0 bridgehead atoms. The van der Waals surface area contributed by atoms with Gasteiger partial charge in [0.2, 0.25) is 17.7 Å². The highest BCUT2D eigenvalue weighted by atomic mass is 32.1. The van der Waals surface area contributed by atoms with E-state index in [4.69, 9.17) is 15.9 Å². The standard InChI is InChI=1S/C18H34N4O6S/c1-5-10(4)14(17(26)21-13(7-23)18(27)28)22-16(25)12(6-9(2)3)20-15(24)11(19)8-29/h9-14,23,29H,5-8,19H2,1-4H3,(H,20,24)(H,21,26)(H,22,25)(H,27,28). The van der Waals surface area contributed by atoms with Gasteiger partial charge in [-0.1, -0.05) is 34.1 Å². The Balaban J connectivity index is 5.43. The first-order valence-corrected chi connectivity index (χ1v) is 10.2. The molecule has 0 saturated carbocycles. The fourth-order valence-electron chi connectivity index (χ4n) is 2.47. The molecular formula is C18H34N4O6S. The van der Waals surface area contributed by atoms with Gasteiger partial charge >= 0.3 is 5.97 Å². The zero-order chi connectivity index (χ0) is 22.7. The summed E-state index contributed by atoms with van der Waals surface area (Å²) in [7, 11) is 0. The van der Waals surface area contributed by atoms with Crippen molar-refractivity contribution in [2.75, 3.05) is 12.4 Å². The first kappa shape index (κ1) is 27.1. The molecule has 0 radical (unpaired) electrons. The number of thiol groups is 1. The van der Waals surface area contributed by atoms with E-state index in [-0.39, 0.29) is 17.6 Å². The molecule has 29 heavy (non-hydrogen) atoms. The summed E-state index contributed by atoms with van der Waals surface area (Å²) in [5, 5.41) is 25.5. The molecular weight excluding hydrogens is 400 g/mol. The van der Waals surface area contributed by atoms with Crippen molar-refractivity contribution in [2.45, 2.75) is 64.7 Å². The first-order chi connectivity index (χ1) is 13.5. The molecule has 0 aromatic heterocycles. The lowest BCUT2D eigenvalue weighted by Gasteiger charge is -2.28. The van der Waals surface area contributed by atoms with E-state index in [0.717, 1.165) is 0 Å². The highest BCUT2D eigenvalue weighted by Gasteiger charge is 2.32. The molecule has 5 unspecified atom stereocenters. The summed E-state index contributed by atoms with van der Waals surface area (Å²) in [5.74, 6) is -3.36. The van der Waals surface area contributed by atoms with Crippen molar-refractivity contribution in [1.29, 1.82) is 0 Å². The van der Waals surface area contributed by atoms with Crippen LogP contribution >= 0.6 is 12.6 Å². The van der Waals surface area contributed by atoms with Crippen molar-refractivity contribution >= 4 is 36.3 Å². The number of aliphatic hydroxyl groups excluding tert-OH is 1. The van der Waals surface area contributed by atoms with Crippen molar-refractivity contribution in [1.82, 2.24) is 16.0 Å². The second-order valence-electron chi connectivity index (χ2n) is 7.43. The molecule has 0 heterocycles. The monoisotopic (exact) mass is 434 g/mol. The predicted octanol–water partition coefficient (Wildman–Crippen LogP) is -1.13. The van der Waals surface area contributed by atoms with Crippen LogP contribution < -0.4 is 21.7 Å². The van der Waals surface area contributed by atoms with Crippen molar-refractivity contribution in [3.8, 4) is 0 Å². The third-order valence-electron chi connectivity index (χ3n) is 4.46. The summed E-state index contributed by atoms with van der Waals surface area (Å²) in [6.07, 6.45) is 0.848. The van der Waals surface area contributed by atoms with Crippen LogP contribution in [-0.2, 0) is 19.2 Å². The smallest absolute Gasteiger partial charge is 0.328 e. The molecule has 7 N–H and O–H groups in total. The Bertz CT molecular complexity index is 575. The van der Waals surface area contributed by atoms with Crippen molar-refractivity contribution in [2.24, 2.45) is 17.6 Å². The number of carboxylic acids is 1. The lowest BCUT2D eigenvalue weighted by Crippen LogP contribution is -2.59. The SMILES string of the molecule is CCC(C)C(NC(=O)C(CC(C)C)NC(=O)C(N)CS)C(=O)NC(CO)C(=O)O. The molecule has 0 rings (SSSR count). The molecule has 3 amide bonds. The van der Waals surface area contributed by atoms with E-state index in [1.807, 2.05) is 20.8 Å². The highest BCUT2D eigenvalue weighted by Crippen LogP contribution is 2.11. The minimum absolute atomic E-state index is 0.0694. The molecule has 11 heteroatoms. The van der Waals surface area contributed by atoms with Gasteiger partial charge in [-0.05, 0) is 18.3 Å². The first-order valence-electron chi connectivity index (χ1n) is 9.59. The van der Waals surface area contributed by atoms with Crippen LogP contribution in [-0.4, -0.2) is 70.4 Å². The maximum atomic E-state index is 12.8. The van der Waals surface area contributed by atoms with E-state index in [0.29, 0.717) is 12.8 Å². The van der Waals surface area contributed by atoms with Crippen LogP contribution in [0.4, 0.5) is 0 Å². The largest absolute Gasteiger partial charge is 0.480 e. The van der Waals surface area contributed by atoms with Gasteiger partial charge in [0.1, 0.15) is 18.1 Å². The molecule has 0 aliphatic heterocycles. The zero-order valence-electron chi connectivity index (χ0n) is 17.3. The van der Waals surface area contributed by atoms with Gasteiger partial charge in [-0.15, -0.1) is 0 Å². The molecule has 0 spiro atoms. The van der Waals surface area contributed by atoms with Crippen LogP contribution in [0.25, 0.3) is 0 Å². The number of hydrogen-bond donors (Lipinski definition) is 7. The number of aliphatic carboxylic acids is 1. The Kier molecular flexibility index (Phi) is 12.5. The maximum absolute atomic E-state index is 12.8. The number of rotatable bonds is 13. The minimum Gasteiger partial charge on any atom is -0.480 e. The molecule has 168 valence electrons. The van der Waals surface area contributed by atoms with E-state index in [1.165, 1.54) is 0 Å². The summed E-state index contributed by atoms with van der Waals surface area (Å²) in [4.78, 5) is 48.5. The fourth-order valence-corrected chi connectivity index (χ4v) is 2.63. The molecule has 0 aliphatic carbocycles. The number of carboxylic acid groups (broad SMARTS) is 1. The van der Waals surface area contributed by atoms with Gasteiger partial charge in [-0.25, -0.2) is 4.79 Å². The number of hydrogen-bond acceptors (Lipinski definition) is 7. The second kappa shape index (κ2) is 13.4. The van der Waals surface area contributed by atoms with Crippen molar-refractivity contribution in [3.63, 3.8) is 0 Å². The Morgan fingerprint density at radius 1 is 0.966 bits per heavy atom. The number of aliphatic hydroxyl groups is 1. The van der Waals surface area contributed by atoms with Crippen LogP contribution in [0.1, 0.15) is 40.5 Å². The van der Waals surface area contributed by atoms with E-state index in [9.17, 15) is 19.2 Å². The molecule has 0 aliphatic rings. The summed E-state index contributed by atoms with van der Waals surface area (Å²) < 4.78 is 0. The molecule has 10 nitrogen and oxygen atoms in total. The Hall–Kier alpha value is -1.85. The van der Waals surface area contributed by atoms with Gasteiger partial charge in [0.25, 0.3) is 0 Å². The minimum atomic E-state index is -1.48. The van der Waals surface area contributed by atoms with Gasteiger partial charge < -0.3 is 31.9 Å². The van der Waals surface area contributed by atoms with Crippen molar-refractivity contribution in [3.05, 3.63) is 0 Å². The number of carbonyl (C=O) groups excluding carboxylic acids is 3. The average Bonchev–Trinajstić information content (AvgIpc) is 2.67. The lowest BCUT2D eigenvalue weighted by molar-refractivity contribution is -0.143. The summed E-state index contributed by atoms with van der Waals surface area (Å²) in [6, 6.07) is -4.31. The number of nitrogens with two attached hydrogens (primary N) is 1. The van der Waals surface area contributed by atoms with E-state index < -0.39 is 54.5 Å². The van der Waals surface area contributed by atoms with Gasteiger partial charge in [-0.2, -0.15) is 12.6 Å². The summed E-state index contributed by atoms with van der Waals surface area (Å²) in [5.41, 5.74) is 5.65. The quantitative estimate of drug-likeness (QED) is 0.180. The maximum Gasteiger partial charge on any atom is 0.328 e. The Labute approximate surface area is 176 Å². The van der Waals surface area contributed by atoms with Crippen LogP contribution in [0.5, 0.6) is 0 Å². The van der Waals surface area contributed by atoms with Gasteiger partial charge in [0.15, 0.2) is 0 Å². The van der Waals surface area contributed by atoms with Gasteiger partial charge in [-0.3, -0.25) is 14.4 Å². The van der Waals surface area contributed by atoms with Gasteiger partial charge in [0, 0.05) is 5.75 Å². The third kappa shape index (κ3) is 9.46. The summed E-state index contributed by atoms with van der Waals surface area (Å²) >= 11 is 3.97. The average molecular weight is 435 g/mol. The topological polar surface area (TPSA) is 171 Å². The van der Waals surface area contributed by atoms with Gasteiger partial charge in [0.05, 0.1) is 12.6 Å². The molecule has 5 atom stereocenters. The number of amides is 3. The zero-order valence-corrected chi connectivity index (χ0v) is 18.2. The van der Waals surface area contributed by atoms with E-state index >= 15 is 0 Å². The van der Waals surface area contributed by atoms with Crippen LogP contribution in [0.15, 0.2) is 0 Å². The second-order valence-corrected chi connectivity index (χ2v) is 7.80. The number of nitrogens with one attached hydrogen (secondary N) is 3. The Morgan fingerprint density at radius 3 is 1.93 bits per heavy atom. The third-order valence-corrected chi connectivity index (χ3v) is 4.86. The molecule has 0 aromatic carbocycles. The molecule has 0 saturated heterocycles.